The predicted molar refractivity (Wildman–Crippen MR) is 101 cm³/mol. The fraction of sp³-hybridized carbons (Fsp3) is 0.0952. The molecule has 0 aliphatic carbocycles. The number of aryl methyl sites for hydroxylation is 1. The Bertz CT molecular complexity index is 830. The lowest BCUT2D eigenvalue weighted by Gasteiger charge is -2.11. The molecule has 0 aromatic heterocycles. The predicted octanol–water partition coefficient (Wildman–Crippen LogP) is 5.22. The van der Waals surface area contributed by atoms with E-state index in [9.17, 15) is 4.79 Å². The molecule has 25 heavy (non-hydrogen) atoms. The van der Waals surface area contributed by atoms with Gasteiger partial charge in [-0.05, 0) is 48.4 Å². The number of urea groups is 1. The molecule has 3 aromatic rings. The van der Waals surface area contributed by atoms with Crippen LogP contribution in [-0.4, -0.2) is 6.03 Å². The Labute approximate surface area is 147 Å². The molecule has 0 bridgehead atoms. The monoisotopic (exact) mass is 332 g/mol. The topological polar surface area (TPSA) is 50.4 Å². The molecule has 0 aliphatic rings. The van der Waals surface area contributed by atoms with E-state index >= 15 is 0 Å². The Kier molecular flexibility index (Phi) is 5.32. The number of anilines is 2. The summed E-state index contributed by atoms with van der Waals surface area (Å²) in [5, 5.41) is 5.65. The van der Waals surface area contributed by atoms with Crippen molar-refractivity contribution in [1.82, 2.24) is 0 Å². The molecule has 0 spiro atoms. The van der Waals surface area contributed by atoms with Gasteiger partial charge in [-0.1, -0.05) is 48.5 Å². The van der Waals surface area contributed by atoms with Crippen LogP contribution in [0, 0.1) is 6.92 Å². The molecule has 126 valence electrons. The molecule has 0 unspecified atom stereocenters. The van der Waals surface area contributed by atoms with Gasteiger partial charge in [-0.2, -0.15) is 0 Å². The third-order valence-corrected chi connectivity index (χ3v) is 3.75. The van der Waals surface area contributed by atoms with Gasteiger partial charge in [0.25, 0.3) is 0 Å². The summed E-state index contributed by atoms with van der Waals surface area (Å²) in [5.74, 6) is 0.758. The van der Waals surface area contributed by atoms with E-state index in [1.807, 2.05) is 85.8 Å². The average Bonchev–Trinajstić information content (AvgIpc) is 2.64. The molecule has 0 fully saturated rings. The van der Waals surface area contributed by atoms with Crippen LogP contribution in [0.1, 0.15) is 11.1 Å². The molecule has 4 heteroatoms. The zero-order chi connectivity index (χ0) is 17.5. The van der Waals surface area contributed by atoms with E-state index in [2.05, 4.69) is 10.6 Å². The normalized spacial score (nSPS) is 10.1. The molecule has 0 aliphatic heterocycles. The highest BCUT2D eigenvalue weighted by Crippen LogP contribution is 2.18. The minimum atomic E-state index is -0.271. The number of para-hydroxylation sites is 1. The molecule has 0 saturated carbocycles. The first kappa shape index (κ1) is 16.6. The van der Waals surface area contributed by atoms with Gasteiger partial charge in [0.05, 0.1) is 0 Å². The maximum absolute atomic E-state index is 12.1. The maximum atomic E-state index is 12.1. The second-order valence-corrected chi connectivity index (χ2v) is 5.69. The first-order valence-corrected chi connectivity index (χ1v) is 8.11. The summed E-state index contributed by atoms with van der Waals surface area (Å²) in [6.45, 7) is 2.47. The molecule has 0 radical (unpaired) electrons. The van der Waals surface area contributed by atoms with Gasteiger partial charge in [-0.25, -0.2) is 4.79 Å². The number of hydrogen-bond donors (Lipinski definition) is 2. The van der Waals surface area contributed by atoms with Crippen molar-refractivity contribution in [3.8, 4) is 5.75 Å². The standard InChI is InChI=1S/C21H20N2O2/c1-16-7-5-6-10-20(16)23-21(24)22-18-11-13-19(14-12-18)25-15-17-8-3-2-4-9-17/h2-14H,15H2,1H3,(H2,22,23,24). The number of carbonyl (C=O) groups excluding carboxylic acids is 1. The number of amides is 2. The lowest BCUT2D eigenvalue weighted by Crippen LogP contribution is -2.19. The third-order valence-electron chi connectivity index (χ3n) is 3.75. The van der Waals surface area contributed by atoms with Crippen molar-refractivity contribution in [3.05, 3.63) is 90.0 Å². The van der Waals surface area contributed by atoms with Crippen molar-refractivity contribution in [2.24, 2.45) is 0 Å². The molecule has 4 nitrogen and oxygen atoms in total. The summed E-state index contributed by atoms with van der Waals surface area (Å²) in [5.41, 5.74) is 3.63. The van der Waals surface area contributed by atoms with Crippen molar-refractivity contribution in [1.29, 1.82) is 0 Å². The Morgan fingerprint density at radius 1 is 0.840 bits per heavy atom. The fourth-order valence-corrected chi connectivity index (χ4v) is 2.37. The van der Waals surface area contributed by atoms with Crippen molar-refractivity contribution in [3.63, 3.8) is 0 Å². The smallest absolute Gasteiger partial charge is 0.323 e. The lowest BCUT2D eigenvalue weighted by atomic mass is 10.2. The summed E-state index contributed by atoms with van der Waals surface area (Å²) in [7, 11) is 0. The van der Waals surface area contributed by atoms with E-state index in [-0.39, 0.29) is 6.03 Å². The number of hydrogen-bond acceptors (Lipinski definition) is 2. The second kappa shape index (κ2) is 8.02. The van der Waals surface area contributed by atoms with Crippen LogP contribution in [-0.2, 0) is 6.61 Å². The first-order chi connectivity index (χ1) is 12.2. The first-order valence-electron chi connectivity index (χ1n) is 8.11. The van der Waals surface area contributed by atoms with Crippen LogP contribution in [0.5, 0.6) is 5.75 Å². The number of benzene rings is 3. The minimum Gasteiger partial charge on any atom is -0.489 e. The summed E-state index contributed by atoms with van der Waals surface area (Å²) in [6.07, 6.45) is 0. The number of nitrogens with one attached hydrogen (secondary N) is 2. The van der Waals surface area contributed by atoms with Gasteiger partial charge in [-0.3, -0.25) is 0 Å². The van der Waals surface area contributed by atoms with E-state index in [4.69, 9.17) is 4.74 Å². The Morgan fingerprint density at radius 3 is 2.24 bits per heavy atom. The van der Waals surface area contributed by atoms with Crippen LogP contribution in [0.4, 0.5) is 16.2 Å². The largest absolute Gasteiger partial charge is 0.489 e. The molecular formula is C21H20N2O2. The van der Waals surface area contributed by atoms with Crippen LogP contribution < -0.4 is 15.4 Å². The lowest BCUT2D eigenvalue weighted by molar-refractivity contribution is 0.262. The highest BCUT2D eigenvalue weighted by atomic mass is 16.5. The zero-order valence-corrected chi connectivity index (χ0v) is 14.0. The quantitative estimate of drug-likeness (QED) is 0.673. The van der Waals surface area contributed by atoms with E-state index in [0.717, 1.165) is 22.6 Å². The van der Waals surface area contributed by atoms with E-state index in [0.29, 0.717) is 12.3 Å². The highest BCUT2D eigenvalue weighted by molar-refractivity contribution is 6.00. The average molecular weight is 332 g/mol. The van der Waals surface area contributed by atoms with Crippen LogP contribution in [0.25, 0.3) is 0 Å². The maximum Gasteiger partial charge on any atom is 0.323 e. The molecular weight excluding hydrogens is 312 g/mol. The van der Waals surface area contributed by atoms with E-state index < -0.39 is 0 Å². The van der Waals surface area contributed by atoms with Crippen LogP contribution in [0.3, 0.4) is 0 Å². The molecule has 0 saturated heterocycles. The number of rotatable bonds is 5. The second-order valence-electron chi connectivity index (χ2n) is 5.69. The van der Waals surface area contributed by atoms with E-state index in [1.165, 1.54) is 0 Å². The Hall–Kier alpha value is -3.27. The molecule has 2 amide bonds. The van der Waals surface area contributed by atoms with E-state index in [1.54, 1.807) is 0 Å². The van der Waals surface area contributed by atoms with Gasteiger partial charge >= 0.3 is 6.03 Å². The molecule has 3 aromatic carbocycles. The fourth-order valence-electron chi connectivity index (χ4n) is 2.37. The van der Waals surface area contributed by atoms with Gasteiger partial charge in [-0.15, -0.1) is 0 Å². The van der Waals surface area contributed by atoms with Crippen LogP contribution >= 0.6 is 0 Å². The van der Waals surface area contributed by atoms with Gasteiger partial charge in [0.1, 0.15) is 12.4 Å². The number of ether oxygens (including phenoxy) is 1. The van der Waals surface area contributed by atoms with Gasteiger partial charge in [0.15, 0.2) is 0 Å². The van der Waals surface area contributed by atoms with Crippen molar-refractivity contribution in [2.45, 2.75) is 13.5 Å². The van der Waals surface area contributed by atoms with Crippen molar-refractivity contribution >= 4 is 17.4 Å². The summed E-state index contributed by atoms with van der Waals surface area (Å²) in [6, 6.07) is 24.7. The van der Waals surface area contributed by atoms with Crippen molar-refractivity contribution < 1.29 is 9.53 Å². The summed E-state index contributed by atoms with van der Waals surface area (Å²) in [4.78, 5) is 12.1. The van der Waals surface area contributed by atoms with Crippen molar-refractivity contribution in [2.75, 3.05) is 10.6 Å². The molecule has 2 N–H and O–H groups in total. The van der Waals surface area contributed by atoms with Crippen LogP contribution in [0.2, 0.25) is 0 Å². The van der Waals surface area contributed by atoms with Gasteiger partial charge in [0, 0.05) is 11.4 Å². The molecule has 0 atom stereocenters. The Balaban J connectivity index is 1.53. The molecule has 0 heterocycles. The molecule has 3 rings (SSSR count). The summed E-state index contributed by atoms with van der Waals surface area (Å²) < 4.78 is 5.74. The Morgan fingerprint density at radius 2 is 1.52 bits per heavy atom. The van der Waals surface area contributed by atoms with Gasteiger partial charge in [0.2, 0.25) is 0 Å². The number of carbonyl (C=O) groups is 1. The third kappa shape index (κ3) is 4.85. The van der Waals surface area contributed by atoms with Crippen LogP contribution in [0.15, 0.2) is 78.9 Å². The summed E-state index contributed by atoms with van der Waals surface area (Å²) >= 11 is 0. The highest BCUT2D eigenvalue weighted by Gasteiger charge is 2.04. The SMILES string of the molecule is Cc1ccccc1NC(=O)Nc1ccc(OCc2ccccc2)cc1. The zero-order valence-electron chi connectivity index (χ0n) is 14.0. The van der Waals surface area contributed by atoms with Gasteiger partial charge < -0.3 is 15.4 Å². The minimum absolute atomic E-state index is 0.271.